The number of pyridine rings is 1. The highest BCUT2D eigenvalue weighted by Gasteiger charge is 2.18. The van der Waals surface area contributed by atoms with E-state index in [1.165, 1.54) is 12.4 Å². The lowest BCUT2D eigenvalue weighted by atomic mass is 9.92. The number of hydrogen-bond acceptors (Lipinski definition) is 4. The summed E-state index contributed by atoms with van der Waals surface area (Å²) in [4.78, 5) is 28.2. The van der Waals surface area contributed by atoms with Crippen molar-refractivity contribution in [2.45, 2.75) is 27.7 Å². The Labute approximate surface area is 130 Å². The van der Waals surface area contributed by atoms with Gasteiger partial charge in [-0.1, -0.05) is 6.07 Å². The first kappa shape index (κ1) is 15.9. The number of Topliss-reactive ketones (excluding diaryl/α,β-unsaturated/α-hetero) is 1. The lowest BCUT2D eigenvalue weighted by molar-refractivity contribution is 0.0474. The molecule has 0 fully saturated rings. The van der Waals surface area contributed by atoms with Crippen LogP contribution in [-0.4, -0.2) is 23.3 Å². The fraction of sp³-hybridized carbons (Fsp3) is 0.278. The minimum absolute atomic E-state index is 0.177. The fourth-order valence-electron chi connectivity index (χ4n) is 2.41. The zero-order valence-corrected chi connectivity index (χ0v) is 13.3. The van der Waals surface area contributed by atoms with E-state index in [4.69, 9.17) is 4.74 Å². The highest BCUT2D eigenvalue weighted by Crippen LogP contribution is 2.22. The van der Waals surface area contributed by atoms with Crippen LogP contribution in [0.15, 0.2) is 30.6 Å². The van der Waals surface area contributed by atoms with E-state index in [2.05, 4.69) is 11.1 Å². The van der Waals surface area contributed by atoms with Gasteiger partial charge in [-0.15, -0.1) is 0 Å². The van der Waals surface area contributed by atoms with E-state index in [1.807, 2.05) is 27.7 Å². The minimum atomic E-state index is -0.518. The maximum Gasteiger partial charge on any atom is 0.338 e. The van der Waals surface area contributed by atoms with Gasteiger partial charge in [0.25, 0.3) is 0 Å². The molecule has 4 heteroatoms. The molecular weight excluding hydrogens is 278 g/mol. The predicted molar refractivity (Wildman–Crippen MR) is 84.2 cm³/mol. The van der Waals surface area contributed by atoms with Crippen LogP contribution in [0.3, 0.4) is 0 Å². The molecule has 0 saturated carbocycles. The van der Waals surface area contributed by atoms with Crippen LogP contribution < -0.4 is 0 Å². The van der Waals surface area contributed by atoms with Crippen molar-refractivity contribution in [2.75, 3.05) is 6.61 Å². The molecule has 22 heavy (non-hydrogen) atoms. The average Bonchev–Trinajstić information content (AvgIpc) is 2.51. The highest BCUT2D eigenvalue weighted by molar-refractivity contribution is 6.02. The van der Waals surface area contributed by atoms with Crippen molar-refractivity contribution < 1.29 is 14.3 Å². The average molecular weight is 297 g/mol. The van der Waals surface area contributed by atoms with Crippen LogP contribution >= 0.6 is 0 Å². The fourth-order valence-corrected chi connectivity index (χ4v) is 2.41. The summed E-state index contributed by atoms with van der Waals surface area (Å²) in [5, 5.41) is 0. The van der Waals surface area contributed by atoms with Gasteiger partial charge in [-0.2, -0.15) is 0 Å². The van der Waals surface area contributed by atoms with Gasteiger partial charge in [-0.05, 0) is 62.1 Å². The Morgan fingerprint density at radius 3 is 2.09 bits per heavy atom. The molecule has 0 N–H and O–H groups in total. The van der Waals surface area contributed by atoms with Gasteiger partial charge >= 0.3 is 5.97 Å². The first-order valence-corrected chi connectivity index (χ1v) is 7.09. The van der Waals surface area contributed by atoms with Gasteiger partial charge in [-0.25, -0.2) is 4.79 Å². The Hall–Kier alpha value is -2.49. The highest BCUT2D eigenvalue weighted by atomic mass is 16.5. The molecule has 1 aromatic heterocycles. The number of benzene rings is 1. The quantitative estimate of drug-likeness (QED) is 0.641. The minimum Gasteiger partial charge on any atom is -0.454 e. The topological polar surface area (TPSA) is 56.3 Å². The van der Waals surface area contributed by atoms with E-state index in [0.29, 0.717) is 11.1 Å². The summed E-state index contributed by atoms with van der Waals surface area (Å²) >= 11 is 0. The van der Waals surface area contributed by atoms with Gasteiger partial charge < -0.3 is 4.74 Å². The van der Waals surface area contributed by atoms with E-state index >= 15 is 0 Å². The molecule has 2 aromatic rings. The lowest BCUT2D eigenvalue weighted by Crippen LogP contribution is -2.17. The largest absolute Gasteiger partial charge is 0.454 e. The zero-order chi connectivity index (χ0) is 16.3. The number of ketones is 1. The van der Waals surface area contributed by atoms with E-state index < -0.39 is 5.97 Å². The Kier molecular flexibility index (Phi) is 4.71. The molecule has 2 rings (SSSR count). The third-order valence-electron chi connectivity index (χ3n) is 3.90. The second-order valence-corrected chi connectivity index (χ2v) is 5.37. The van der Waals surface area contributed by atoms with Gasteiger partial charge in [0.15, 0.2) is 6.61 Å². The van der Waals surface area contributed by atoms with Gasteiger partial charge in [0.05, 0.1) is 5.56 Å². The number of aryl methyl sites for hydroxylation is 2. The van der Waals surface area contributed by atoms with Crippen LogP contribution in [0.1, 0.15) is 43.0 Å². The number of carbonyl (C=O) groups excluding carboxylic acids is 2. The third-order valence-corrected chi connectivity index (χ3v) is 3.90. The van der Waals surface area contributed by atoms with Crippen LogP contribution in [0, 0.1) is 27.7 Å². The van der Waals surface area contributed by atoms with Crippen molar-refractivity contribution in [1.82, 2.24) is 4.98 Å². The maximum absolute atomic E-state index is 12.4. The summed E-state index contributed by atoms with van der Waals surface area (Å²) in [7, 11) is 0. The molecule has 1 aromatic carbocycles. The smallest absolute Gasteiger partial charge is 0.338 e. The Morgan fingerprint density at radius 2 is 1.55 bits per heavy atom. The van der Waals surface area contributed by atoms with Gasteiger partial charge in [-0.3, -0.25) is 9.78 Å². The molecule has 1 heterocycles. The molecule has 0 unspecified atom stereocenters. The molecule has 0 aliphatic carbocycles. The molecule has 0 radical (unpaired) electrons. The Bertz CT molecular complexity index is 695. The summed E-state index contributed by atoms with van der Waals surface area (Å²) in [6.07, 6.45) is 3.02. The molecule has 4 nitrogen and oxygen atoms in total. The Balaban J connectivity index is 2.16. The molecular formula is C18H19NO3. The second kappa shape index (κ2) is 6.52. The first-order valence-electron chi connectivity index (χ1n) is 7.09. The molecule has 0 aliphatic heterocycles. The van der Waals surface area contributed by atoms with Crippen molar-refractivity contribution >= 4 is 11.8 Å². The van der Waals surface area contributed by atoms with Crippen molar-refractivity contribution in [3.63, 3.8) is 0 Å². The van der Waals surface area contributed by atoms with Crippen molar-refractivity contribution in [3.05, 3.63) is 64.0 Å². The summed E-state index contributed by atoms with van der Waals surface area (Å²) in [6, 6.07) is 5.17. The van der Waals surface area contributed by atoms with E-state index in [0.717, 1.165) is 22.3 Å². The molecule has 0 spiro atoms. The van der Waals surface area contributed by atoms with Crippen molar-refractivity contribution in [1.29, 1.82) is 0 Å². The number of nitrogens with zero attached hydrogens (tertiary/aromatic N) is 1. The van der Waals surface area contributed by atoms with E-state index in [9.17, 15) is 9.59 Å². The predicted octanol–water partition coefficient (Wildman–Crippen LogP) is 3.35. The summed E-state index contributed by atoms with van der Waals surface area (Å²) in [5.74, 6) is -0.695. The Morgan fingerprint density at radius 1 is 1.00 bits per heavy atom. The number of hydrogen-bond donors (Lipinski definition) is 0. The maximum atomic E-state index is 12.4. The molecule has 0 atom stereocenters. The van der Waals surface area contributed by atoms with Gasteiger partial charge in [0, 0.05) is 18.0 Å². The molecule has 114 valence electrons. The zero-order valence-electron chi connectivity index (χ0n) is 13.3. The number of esters is 1. The monoisotopic (exact) mass is 297 g/mol. The van der Waals surface area contributed by atoms with Crippen LogP contribution in [0.2, 0.25) is 0 Å². The molecule has 0 aliphatic rings. The van der Waals surface area contributed by atoms with E-state index in [1.54, 1.807) is 12.1 Å². The number of rotatable bonds is 4. The lowest BCUT2D eigenvalue weighted by Gasteiger charge is -2.14. The van der Waals surface area contributed by atoms with E-state index in [-0.39, 0.29) is 12.4 Å². The van der Waals surface area contributed by atoms with Crippen molar-refractivity contribution in [3.8, 4) is 0 Å². The van der Waals surface area contributed by atoms with Crippen LogP contribution in [-0.2, 0) is 4.74 Å². The summed E-state index contributed by atoms with van der Waals surface area (Å²) < 4.78 is 5.12. The second-order valence-electron chi connectivity index (χ2n) is 5.37. The molecule has 0 bridgehead atoms. The standard InChI is InChI=1S/C18H19NO3/c1-11-9-12(2)14(4)17(13(11)3)16(20)10-22-18(21)15-5-7-19-8-6-15/h5-9H,10H2,1-4H3. The number of carbonyl (C=O) groups is 2. The van der Waals surface area contributed by atoms with Crippen molar-refractivity contribution in [2.24, 2.45) is 0 Å². The summed E-state index contributed by atoms with van der Waals surface area (Å²) in [6.45, 7) is 7.52. The normalized spacial score (nSPS) is 10.4. The third kappa shape index (κ3) is 3.22. The SMILES string of the molecule is Cc1cc(C)c(C)c(C(=O)COC(=O)c2ccncc2)c1C. The van der Waals surface area contributed by atoms with Gasteiger partial charge in [0.1, 0.15) is 0 Å². The molecule has 0 saturated heterocycles. The van der Waals surface area contributed by atoms with Gasteiger partial charge in [0.2, 0.25) is 5.78 Å². The number of aromatic nitrogens is 1. The van der Waals surface area contributed by atoms with Crippen LogP contribution in [0.4, 0.5) is 0 Å². The summed E-state index contributed by atoms with van der Waals surface area (Å²) in [5.41, 5.74) is 5.04. The number of ether oxygens (including phenoxy) is 1. The van der Waals surface area contributed by atoms with Crippen LogP contribution in [0.25, 0.3) is 0 Å². The van der Waals surface area contributed by atoms with Crippen LogP contribution in [0.5, 0.6) is 0 Å². The molecule has 0 amide bonds. The first-order chi connectivity index (χ1) is 10.4.